The van der Waals surface area contributed by atoms with E-state index in [4.69, 9.17) is 0 Å². The summed E-state index contributed by atoms with van der Waals surface area (Å²) in [5, 5.41) is 5.63. The second kappa shape index (κ2) is 6.63. The summed E-state index contributed by atoms with van der Waals surface area (Å²) in [4.78, 5) is 37.4. The monoisotopic (exact) mass is 329 g/mol. The Morgan fingerprint density at radius 1 is 1.25 bits per heavy atom. The number of rotatable bonds is 6. The van der Waals surface area contributed by atoms with Crippen molar-refractivity contribution in [2.24, 2.45) is 0 Å². The lowest BCUT2D eigenvalue weighted by Crippen LogP contribution is -2.43. The van der Waals surface area contributed by atoms with Crippen LogP contribution in [0.15, 0.2) is 30.3 Å². The standard InChI is InChI=1S/C18H23N3O3/c1-13(22)20-15-7-11-21(16(15)23)12-10-19-17(24)18(8-9-18)14-5-3-2-4-6-14/h2-6,15H,7-12H2,1H3,(H,19,24)(H,20,22). The molecule has 0 aromatic heterocycles. The molecule has 24 heavy (non-hydrogen) atoms. The fraction of sp³-hybridized carbons (Fsp3) is 0.500. The number of carbonyl (C=O) groups is 3. The summed E-state index contributed by atoms with van der Waals surface area (Å²) in [5.74, 6) is -0.218. The number of likely N-dealkylation sites (tertiary alicyclic amines) is 1. The van der Waals surface area contributed by atoms with Crippen LogP contribution in [-0.2, 0) is 19.8 Å². The molecule has 1 aliphatic carbocycles. The molecule has 1 aromatic rings. The Labute approximate surface area is 141 Å². The van der Waals surface area contributed by atoms with E-state index >= 15 is 0 Å². The Hall–Kier alpha value is -2.37. The zero-order chi connectivity index (χ0) is 17.2. The number of hydrogen-bond acceptors (Lipinski definition) is 3. The Kier molecular flexibility index (Phi) is 4.55. The van der Waals surface area contributed by atoms with E-state index in [0.717, 1.165) is 18.4 Å². The van der Waals surface area contributed by atoms with Crippen LogP contribution in [-0.4, -0.2) is 48.3 Å². The molecule has 1 atom stereocenters. The number of amides is 3. The first-order valence-corrected chi connectivity index (χ1v) is 8.43. The predicted molar refractivity (Wildman–Crippen MR) is 89.2 cm³/mol. The summed E-state index contributed by atoms with van der Waals surface area (Å²) in [6, 6.07) is 9.42. The summed E-state index contributed by atoms with van der Waals surface area (Å²) in [7, 11) is 0. The van der Waals surface area contributed by atoms with E-state index in [0.29, 0.717) is 26.1 Å². The number of carbonyl (C=O) groups excluding carboxylic acids is 3. The summed E-state index contributed by atoms with van der Waals surface area (Å²) >= 11 is 0. The predicted octanol–water partition coefficient (Wildman–Crippen LogP) is 0.571. The number of hydrogen-bond donors (Lipinski definition) is 2. The van der Waals surface area contributed by atoms with E-state index in [2.05, 4.69) is 10.6 Å². The van der Waals surface area contributed by atoms with Gasteiger partial charge in [0.05, 0.1) is 5.41 Å². The zero-order valence-electron chi connectivity index (χ0n) is 13.9. The lowest BCUT2D eigenvalue weighted by molar-refractivity contribution is -0.132. The quantitative estimate of drug-likeness (QED) is 0.801. The molecule has 2 N–H and O–H groups in total. The van der Waals surface area contributed by atoms with Crippen LogP contribution in [0.5, 0.6) is 0 Å². The Bertz CT molecular complexity index is 640. The minimum Gasteiger partial charge on any atom is -0.354 e. The highest BCUT2D eigenvalue weighted by atomic mass is 16.2. The van der Waals surface area contributed by atoms with Crippen LogP contribution in [0.4, 0.5) is 0 Å². The van der Waals surface area contributed by atoms with Crippen molar-refractivity contribution in [1.29, 1.82) is 0 Å². The molecule has 0 bridgehead atoms. The van der Waals surface area contributed by atoms with Gasteiger partial charge < -0.3 is 15.5 Å². The van der Waals surface area contributed by atoms with Crippen molar-refractivity contribution < 1.29 is 14.4 Å². The van der Waals surface area contributed by atoms with Gasteiger partial charge in [0.1, 0.15) is 6.04 Å². The summed E-state index contributed by atoms with van der Waals surface area (Å²) in [5.41, 5.74) is 0.681. The number of nitrogens with zero attached hydrogens (tertiary/aromatic N) is 1. The average molecular weight is 329 g/mol. The average Bonchev–Trinajstić information content (AvgIpc) is 3.32. The molecule has 0 radical (unpaired) electrons. The van der Waals surface area contributed by atoms with Crippen molar-refractivity contribution >= 4 is 17.7 Å². The lowest BCUT2D eigenvalue weighted by Gasteiger charge is -2.19. The van der Waals surface area contributed by atoms with Gasteiger partial charge in [-0.05, 0) is 24.8 Å². The van der Waals surface area contributed by atoms with Crippen LogP contribution < -0.4 is 10.6 Å². The van der Waals surface area contributed by atoms with Crippen molar-refractivity contribution in [1.82, 2.24) is 15.5 Å². The van der Waals surface area contributed by atoms with Gasteiger partial charge in [0, 0.05) is 26.6 Å². The van der Waals surface area contributed by atoms with Gasteiger partial charge in [0.25, 0.3) is 0 Å². The maximum atomic E-state index is 12.5. The normalized spacial score (nSPS) is 21.5. The molecule has 2 aliphatic rings. The Balaban J connectivity index is 1.48. The lowest BCUT2D eigenvalue weighted by atomic mass is 9.95. The molecule has 1 heterocycles. The number of nitrogens with one attached hydrogen (secondary N) is 2. The molecule has 3 amide bonds. The molecule has 1 aromatic carbocycles. The molecule has 1 saturated carbocycles. The summed E-state index contributed by atoms with van der Waals surface area (Å²) in [6.45, 7) is 2.94. The third kappa shape index (κ3) is 3.27. The smallest absolute Gasteiger partial charge is 0.245 e. The van der Waals surface area contributed by atoms with Crippen LogP contribution in [0.3, 0.4) is 0 Å². The first-order valence-electron chi connectivity index (χ1n) is 8.43. The molecule has 3 rings (SSSR count). The molecule has 0 spiro atoms. The second-order valence-electron chi connectivity index (χ2n) is 6.57. The van der Waals surface area contributed by atoms with Gasteiger partial charge in [-0.15, -0.1) is 0 Å². The molecule has 6 nitrogen and oxygen atoms in total. The van der Waals surface area contributed by atoms with Crippen molar-refractivity contribution in [3.8, 4) is 0 Å². The fourth-order valence-corrected chi connectivity index (χ4v) is 3.34. The van der Waals surface area contributed by atoms with Crippen molar-refractivity contribution in [2.75, 3.05) is 19.6 Å². The first-order chi connectivity index (χ1) is 11.5. The van der Waals surface area contributed by atoms with Gasteiger partial charge in [-0.3, -0.25) is 14.4 Å². The zero-order valence-corrected chi connectivity index (χ0v) is 13.9. The molecule has 128 valence electrons. The Morgan fingerprint density at radius 3 is 2.58 bits per heavy atom. The van der Waals surface area contributed by atoms with Gasteiger partial charge >= 0.3 is 0 Å². The minimum atomic E-state index is -0.419. The van der Waals surface area contributed by atoms with Crippen LogP contribution in [0.1, 0.15) is 31.7 Å². The maximum absolute atomic E-state index is 12.5. The van der Waals surface area contributed by atoms with Gasteiger partial charge in [0.2, 0.25) is 17.7 Å². The molecular formula is C18H23N3O3. The van der Waals surface area contributed by atoms with Crippen molar-refractivity contribution in [3.63, 3.8) is 0 Å². The summed E-state index contributed by atoms with van der Waals surface area (Å²) < 4.78 is 0. The highest BCUT2D eigenvalue weighted by Gasteiger charge is 2.50. The van der Waals surface area contributed by atoms with Crippen LogP contribution in [0.25, 0.3) is 0 Å². The number of benzene rings is 1. The minimum absolute atomic E-state index is 0.0405. The van der Waals surface area contributed by atoms with Crippen LogP contribution in [0.2, 0.25) is 0 Å². The summed E-state index contributed by atoms with van der Waals surface area (Å²) in [6.07, 6.45) is 2.37. The van der Waals surface area contributed by atoms with Gasteiger partial charge in [0.15, 0.2) is 0 Å². The maximum Gasteiger partial charge on any atom is 0.245 e. The third-order valence-corrected chi connectivity index (χ3v) is 4.85. The van der Waals surface area contributed by atoms with Gasteiger partial charge in [-0.25, -0.2) is 0 Å². The van der Waals surface area contributed by atoms with Gasteiger partial charge in [-0.1, -0.05) is 30.3 Å². The highest BCUT2D eigenvalue weighted by molar-refractivity contribution is 5.91. The van der Waals surface area contributed by atoms with Crippen molar-refractivity contribution in [3.05, 3.63) is 35.9 Å². The van der Waals surface area contributed by atoms with E-state index in [1.54, 1.807) is 4.90 Å². The second-order valence-corrected chi connectivity index (χ2v) is 6.57. The fourth-order valence-electron chi connectivity index (χ4n) is 3.34. The van der Waals surface area contributed by atoms with Crippen LogP contribution in [0, 0.1) is 0 Å². The largest absolute Gasteiger partial charge is 0.354 e. The van der Waals surface area contributed by atoms with E-state index in [-0.39, 0.29) is 23.1 Å². The Morgan fingerprint density at radius 2 is 1.96 bits per heavy atom. The van der Waals surface area contributed by atoms with E-state index < -0.39 is 6.04 Å². The topological polar surface area (TPSA) is 78.5 Å². The van der Waals surface area contributed by atoms with Crippen molar-refractivity contribution in [2.45, 2.75) is 37.6 Å². The molecular weight excluding hydrogens is 306 g/mol. The molecule has 1 unspecified atom stereocenters. The highest BCUT2D eigenvalue weighted by Crippen LogP contribution is 2.48. The molecule has 6 heteroatoms. The molecule has 1 saturated heterocycles. The molecule has 2 fully saturated rings. The van der Waals surface area contributed by atoms with E-state index in [9.17, 15) is 14.4 Å². The molecule has 1 aliphatic heterocycles. The SMILES string of the molecule is CC(=O)NC1CCN(CCNC(=O)C2(c3ccccc3)CC2)C1=O. The van der Waals surface area contributed by atoms with Gasteiger partial charge in [-0.2, -0.15) is 0 Å². The van der Waals surface area contributed by atoms with E-state index in [1.165, 1.54) is 6.92 Å². The van der Waals surface area contributed by atoms with E-state index in [1.807, 2.05) is 30.3 Å². The van der Waals surface area contributed by atoms with Crippen LogP contribution >= 0.6 is 0 Å². The first kappa shape index (κ1) is 16.5. The third-order valence-electron chi connectivity index (χ3n) is 4.85.